The Morgan fingerprint density at radius 3 is 2.82 bits per heavy atom. The van der Waals surface area contributed by atoms with E-state index in [2.05, 4.69) is 15.3 Å². The van der Waals surface area contributed by atoms with Gasteiger partial charge in [0.05, 0.1) is 19.0 Å². The van der Waals surface area contributed by atoms with Crippen LogP contribution in [0.15, 0.2) is 41.1 Å². The van der Waals surface area contributed by atoms with Gasteiger partial charge in [0.25, 0.3) is 0 Å². The van der Waals surface area contributed by atoms with Crippen LogP contribution < -0.4 is 15.0 Å². The van der Waals surface area contributed by atoms with Gasteiger partial charge >= 0.3 is 0 Å². The van der Waals surface area contributed by atoms with Crippen molar-refractivity contribution in [2.24, 2.45) is 0 Å². The number of benzene rings is 1. The fraction of sp³-hybridized carbons (Fsp3) is 0.250. The number of nitrogens with one attached hydrogen (secondary N) is 1. The molecule has 0 saturated heterocycles. The summed E-state index contributed by atoms with van der Waals surface area (Å²) in [5.74, 6) is 3.08. The Bertz CT molecular complexity index is 783. The van der Waals surface area contributed by atoms with E-state index in [0.717, 1.165) is 34.1 Å². The summed E-state index contributed by atoms with van der Waals surface area (Å²) in [6.45, 7) is 0.488. The van der Waals surface area contributed by atoms with Gasteiger partial charge in [-0.15, -0.1) is 0 Å². The van der Waals surface area contributed by atoms with Crippen molar-refractivity contribution in [2.75, 3.05) is 31.4 Å². The second kappa shape index (κ2) is 5.93. The van der Waals surface area contributed by atoms with Crippen molar-refractivity contribution < 1.29 is 9.15 Å². The third kappa shape index (κ3) is 2.67. The quantitative estimate of drug-likeness (QED) is 0.781. The molecule has 0 amide bonds. The van der Waals surface area contributed by atoms with Crippen molar-refractivity contribution in [2.45, 2.75) is 6.54 Å². The highest BCUT2D eigenvalue weighted by Crippen LogP contribution is 2.33. The monoisotopic (exact) mass is 298 g/mol. The zero-order valence-electron chi connectivity index (χ0n) is 12.8. The minimum atomic E-state index is 0.488. The first-order valence-corrected chi connectivity index (χ1v) is 6.96. The van der Waals surface area contributed by atoms with Gasteiger partial charge in [0, 0.05) is 20.2 Å². The highest BCUT2D eigenvalue weighted by atomic mass is 16.5. The molecule has 0 aliphatic rings. The molecule has 0 fully saturated rings. The first-order valence-electron chi connectivity index (χ1n) is 6.96. The average Bonchev–Trinajstić information content (AvgIpc) is 2.90. The lowest BCUT2D eigenvalue weighted by Crippen LogP contribution is -2.11. The number of rotatable bonds is 5. The van der Waals surface area contributed by atoms with Gasteiger partial charge in [0.2, 0.25) is 0 Å². The summed E-state index contributed by atoms with van der Waals surface area (Å²) < 4.78 is 11.3. The van der Waals surface area contributed by atoms with E-state index >= 15 is 0 Å². The fourth-order valence-corrected chi connectivity index (χ4v) is 2.27. The molecule has 6 heteroatoms. The van der Waals surface area contributed by atoms with Gasteiger partial charge in [-0.1, -0.05) is 12.1 Å². The molecule has 0 unspecified atom stereocenters. The smallest absolute Gasteiger partial charge is 0.169 e. The van der Waals surface area contributed by atoms with E-state index in [1.807, 2.05) is 49.3 Å². The van der Waals surface area contributed by atoms with E-state index < -0.39 is 0 Å². The third-order valence-electron chi connectivity index (χ3n) is 3.36. The molecule has 3 rings (SSSR count). The molecule has 0 saturated carbocycles. The van der Waals surface area contributed by atoms with Gasteiger partial charge in [0.1, 0.15) is 23.5 Å². The summed E-state index contributed by atoms with van der Waals surface area (Å²) in [5, 5.41) is 4.21. The number of furan rings is 1. The summed E-state index contributed by atoms with van der Waals surface area (Å²) in [5.41, 5.74) is 0.813. The Morgan fingerprint density at radius 1 is 1.23 bits per heavy atom. The predicted molar refractivity (Wildman–Crippen MR) is 86.5 cm³/mol. The number of para-hydroxylation sites is 1. The van der Waals surface area contributed by atoms with Gasteiger partial charge in [-0.05, 0) is 12.1 Å². The van der Waals surface area contributed by atoms with Crippen LogP contribution in [0, 0.1) is 0 Å². The maximum atomic E-state index is 5.85. The lowest BCUT2D eigenvalue weighted by Gasteiger charge is -2.12. The van der Waals surface area contributed by atoms with Gasteiger partial charge in [-0.2, -0.15) is 0 Å². The number of anilines is 2. The van der Waals surface area contributed by atoms with Crippen LogP contribution in [0.1, 0.15) is 5.76 Å². The molecular weight excluding hydrogens is 280 g/mol. The van der Waals surface area contributed by atoms with Crippen LogP contribution in [0.3, 0.4) is 0 Å². The molecule has 6 nitrogen and oxygen atoms in total. The Balaban J connectivity index is 1.83. The van der Waals surface area contributed by atoms with Gasteiger partial charge < -0.3 is 19.4 Å². The number of aromatic nitrogens is 2. The molecule has 0 spiro atoms. The first-order chi connectivity index (χ1) is 10.7. The molecule has 2 heterocycles. The van der Waals surface area contributed by atoms with Crippen LogP contribution in [-0.4, -0.2) is 31.2 Å². The minimum Gasteiger partial charge on any atom is -0.492 e. The fourth-order valence-electron chi connectivity index (χ4n) is 2.27. The normalized spacial score (nSPS) is 10.7. The maximum Gasteiger partial charge on any atom is 0.169 e. The summed E-state index contributed by atoms with van der Waals surface area (Å²) in [6.07, 6.45) is 1.54. The lowest BCUT2D eigenvalue weighted by molar-refractivity contribution is 0.398. The van der Waals surface area contributed by atoms with E-state index in [-0.39, 0.29) is 0 Å². The van der Waals surface area contributed by atoms with Crippen LogP contribution in [-0.2, 0) is 6.54 Å². The van der Waals surface area contributed by atoms with Gasteiger partial charge in [-0.3, -0.25) is 0 Å². The predicted octanol–water partition coefficient (Wildman–Crippen LogP) is 2.91. The lowest BCUT2D eigenvalue weighted by atomic mass is 10.2. The largest absolute Gasteiger partial charge is 0.492 e. The highest BCUT2D eigenvalue weighted by Gasteiger charge is 2.14. The van der Waals surface area contributed by atoms with Crippen molar-refractivity contribution in [1.82, 2.24) is 9.97 Å². The van der Waals surface area contributed by atoms with E-state index in [1.165, 1.54) is 6.33 Å². The summed E-state index contributed by atoms with van der Waals surface area (Å²) >= 11 is 0. The number of hydrogen-bond acceptors (Lipinski definition) is 6. The van der Waals surface area contributed by atoms with Gasteiger partial charge in [-0.25, -0.2) is 9.97 Å². The molecule has 22 heavy (non-hydrogen) atoms. The molecule has 0 radical (unpaired) electrons. The molecule has 0 bridgehead atoms. The van der Waals surface area contributed by atoms with Crippen LogP contribution in [0.2, 0.25) is 0 Å². The summed E-state index contributed by atoms with van der Waals surface area (Å²) in [6, 6.07) is 9.70. The van der Waals surface area contributed by atoms with Crippen LogP contribution in [0.5, 0.6) is 5.75 Å². The molecule has 114 valence electrons. The molecule has 1 N–H and O–H groups in total. The van der Waals surface area contributed by atoms with Crippen molar-refractivity contribution >= 4 is 22.6 Å². The number of ether oxygens (including phenoxy) is 1. The summed E-state index contributed by atoms with van der Waals surface area (Å²) in [4.78, 5) is 10.3. The van der Waals surface area contributed by atoms with Crippen molar-refractivity contribution in [3.05, 3.63) is 42.4 Å². The molecule has 0 atom stereocenters. The third-order valence-corrected chi connectivity index (χ3v) is 3.36. The highest BCUT2D eigenvalue weighted by molar-refractivity contribution is 5.85. The second-order valence-corrected chi connectivity index (χ2v) is 5.06. The average molecular weight is 298 g/mol. The Labute approximate surface area is 128 Å². The molecular formula is C16H18N4O2. The van der Waals surface area contributed by atoms with E-state index in [1.54, 1.807) is 7.11 Å². The number of nitrogens with zero attached hydrogens (tertiary/aromatic N) is 3. The number of methoxy groups -OCH3 is 1. The number of fused-ring (bicyclic) bond motifs is 1. The van der Waals surface area contributed by atoms with Crippen LogP contribution in [0.4, 0.5) is 11.6 Å². The van der Waals surface area contributed by atoms with Crippen molar-refractivity contribution in [3.63, 3.8) is 0 Å². The van der Waals surface area contributed by atoms with Crippen LogP contribution in [0.25, 0.3) is 11.0 Å². The van der Waals surface area contributed by atoms with E-state index in [9.17, 15) is 0 Å². The Kier molecular flexibility index (Phi) is 3.82. The topological polar surface area (TPSA) is 63.4 Å². The Hall–Kier alpha value is -2.76. The molecule has 2 aromatic heterocycles. The van der Waals surface area contributed by atoms with E-state index in [4.69, 9.17) is 9.15 Å². The first kappa shape index (κ1) is 14.2. The second-order valence-electron chi connectivity index (χ2n) is 5.06. The summed E-state index contributed by atoms with van der Waals surface area (Å²) in [7, 11) is 5.53. The maximum absolute atomic E-state index is 5.85. The SMILES string of the molecule is COc1c(CNc2cc(N(C)C)ncn2)oc2ccccc12. The van der Waals surface area contributed by atoms with Crippen LogP contribution >= 0.6 is 0 Å². The van der Waals surface area contributed by atoms with Crippen molar-refractivity contribution in [1.29, 1.82) is 0 Å². The van der Waals surface area contributed by atoms with E-state index in [0.29, 0.717) is 6.54 Å². The zero-order valence-corrected chi connectivity index (χ0v) is 12.8. The standard InChI is InChI=1S/C16H18N4O2/c1-20(2)15-8-14(18-10-19-15)17-9-13-16(21-3)11-6-4-5-7-12(11)22-13/h4-8,10H,9H2,1-3H3,(H,17,18,19). The molecule has 3 aromatic rings. The Morgan fingerprint density at radius 2 is 2.05 bits per heavy atom. The molecule has 1 aromatic carbocycles. The number of hydrogen-bond donors (Lipinski definition) is 1. The minimum absolute atomic E-state index is 0.488. The molecule has 0 aliphatic heterocycles. The van der Waals surface area contributed by atoms with Gasteiger partial charge in [0.15, 0.2) is 11.5 Å². The zero-order chi connectivity index (χ0) is 15.5. The van der Waals surface area contributed by atoms with Crippen molar-refractivity contribution in [3.8, 4) is 5.75 Å². The molecule has 0 aliphatic carbocycles.